The van der Waals surface area contributed by atoms with Crippen LogP contribution >= 0.6 is 0 Å². The summed E-state index contributed by atoms with van der Waals surface area (Å²) in [6.45, 7) is 5.40. The molecule has 0 radical (unpaired) electrons. The molecule has 0 amide bonds. The number of ketones is 1. The van der Waals surface area contributed by atoms with E-state index < -0.39 is 6.04 Å². The third-order valence-electron chi connectivity index (χ3n) is 2.48. The van der Waals surface area contributed by atoms with Crippen LogP contribution in [0.15, 0.2) is 18.2 Å². The van der Waals surface area contributed by atoms with Gasteiger partial charge < -0.3 is 5.73 Å². The molecule has 15 heavy (non-hydrogen) atoms. The molecule has 1 aromatic rings. The van der Waals surface area contributed by atoms with Gasteiger partial charge in [-0.25, -0.2) is 4.39 Å². The summed E-state index contributed by atoms with van der Waals surface area (Å²) in [5.41, 5.74) is 6.59. The maximum atomic E-state index is 13.2. The van der Waals surface area contributed by atoms with Crippen molar-refractivity contribution in [2.45, 2.75) is 26.8 Å². The van der Waals surface area contributed by atoms with Crippen molar-refractivity contribution >= 4 is 5.78 Å². The van der Waals surface area contributed by atoms with E-state index in [4.69, 9.17) is 5.73 Å². The molecule has 0 aliphatic rings. The van der Waals surface area contributed by atoms with Gasteiger partial charge in [0, 0.05) is 5.56 Å². The number of hydrogen-bond acceptors (Lipinski definition) is 2. The van der Waals surface area contributed by atoms with Crippen molar-refractivity contribution in [1.82, 2.24) is 0 Å². The number of hydrogen-bond donors (Lipinski definition) is 1. The number of rotatable bonds is 3. The van der Waals surface area contributed by atoms with Gasteiger partial charge in [0.05, 0.1) is 6.04 Å². The van der Waals surface area contributed by atoms with Gasteiger partial charge in [0.25, 0.3) is 0 Å². The Morgan fingerprint density at radius 2 is 2.00 bits per heavy atom. The topological polar surface area (TPSA) is 43.1 Å². The Morgan fingerprint density at radius 1 is 1.40 bits per heavy atom. The van der Waals surface area contributed by atoms with Gasteiger partial charge in [-0.3, -0.25) is 4.79 Å². The minimum Gasteiger partial charge on any atom is -0.321 e. The van der Waals surface area contributed by atoms with E-state index in [1.807, 2.05) is 13.8 Å². The van der Waals surface area contributed by atoms with E-state index in [1.165, 1.54) is 6.07 Å². The molecular weight excluding hydrogens is 193 g/mol. The lowest BCUT2D eigenvalue weighted by Gasteiger charge is -2.14. The zero-order valence-electron chi connectivity index (χ0n) is 9.25. The van der Waals surface area contributed by atoms with Crippen LogP contribution in [0.1, 0.15) is 29.8 Å². The lowest BCUT2D eigenvalue weighted by Crippen LogP contribution is -2.35. The molecule has 2 nitrogen and oxygen atoms in total. The largest absolute Gasteiger partial charge is 0.321 e. The van der Waals surface area contributed by atoms with Gasteiger partial charge in [0.2, 0.25) is 0 Å². The van der Waals surface area contributed by atoms with E-state index >= 15 is 0 Å². The van der Waals surface area contributed by atoms with E-state index in [-0.39, 0.29) is 17.5 Å². The average Bonchev–Trinajstić information content (AvgIpc) is 2.19. The molecule has 0 heterocycles. The third-order valence-corrected chi connectivity index (χ3v) is 2.48. The fourth-order valence-electron chi connectivity index (χ4n) is 1.24. The van der Waals surface area contributed by atoms with Gasteiger partial charge in [-0.1, -0.05) is 26.0 Å². The number of Topliss-reactive ketones (excluding diaryl/α,β-unsaturated/α-hetero) is 1. The standard InChI is InChI=1S/C12H16FNO/c1-7(2)11(14)12(15)9-5-4-8(3)10(13)6-9/h4-7,11H,14H2,1-3H3. The Morgan fingerprint density at radius 3 is 2.47 bits per heavy atom. The van der Waals surface area contributed by atoms with Crippen molar-refractivity contribution < 1.29 is 9.18 Å². The predicted molar refractivity (Wildman–Crippen MR) is 58.3 cm³/mol. The Balaban J connectivity index is 2.97. The minimum atomic E-state index is -0.563. The van der Waals surface area contributed by atoms with Crippen molar-refractivity contribution in [3.8, 4) is 0 Å². The van der Waals surface area contributed by atoms with Gasteiger partial charge in [-0.05, 0) is 24.5 Å². The Kier molecular flexibility index (Phi) is 3.58. The Bertz CT molecular complexity index is 374. The van der Waals surface area contributed by atoms with Gasteiger partial charge in [0.15, 0.2) is 5.78 Å². The lowest BCUT2D eigenvalue weighted by atomic mass is 9.95. The maximum Gasteiger partial charge on any atom is 0.179 e. The molecule has 0 aromatic heterocycles. The summed E-state index contributed by atoms with van der Waals surface area (Å²) in [7, 11) is 0. The van der Waals surface area contributed by atoms with E-state index in [9.17, 15) is 9.18 Å². The lowest BCUT2D eigenvalue weighted by molar-refractivity contribution is 0.0940. The van der Waals surface area contributed by atoms with Crippen LogP contribution in [-0.2, 0) is 0 Å². The quantitative estimate of drug-likeness (QED) is 0.776. The maximum absolute atomic E-state index is 13.2. The monoisotopic (exact) mass is 209 g/mol. The number of nitrogens with two attached hydrogens (primary N) is 1. The molecule has 1 aromatic carbocycles. The van der Waals surface area contributed by atoms with Crippen molar-refractivity contribution in [2.75, 3.05) is 0 Å². The highest BCUT2D eigenvalue weighted by Gasteiger charge is 2.19. The molecule has 0 spiro atoms. The highest BCUT2D eigenvalue weighted by atomic mass is 19.1. The summed E-state index contributed by atoms with van der Waals surface area (Å²) < 4.78 is 13.2. The Hall–Kier alpha value is -1.22. The van der Waals surface area contributed by atoms with Crippen molar-refractivity contribution in [1.29, 1.82) is 0 Å². The third kappa shape index (κ3) is 2.63. The van der Waals surface area contributed by atoms with Crippen molar-refractivity contribution in [3.63, 3.8) is 0 Å². The molecule has 0 aliphatic heterocycles. The van der Waals surface area contributed by atoms with E-state index in [0.717, 1.165) is 0 Å². The summed E-state index contributed by atoms with van der Waals surface area (Å²) >= 11 is 0. The van der Waals surface area contributed by atoms with Crippen LogP contribution < -0.4 is 5.73 Å². The van der Waals surface area contributed by atoms with Crippen LogP contribution in [0, 0.1) is 18.7 Å². The average molecular weight is 209 g/mol. The normalized spacial score (nSPS) is 12.9. The van der Waals surface area contributed by atoms with Crippen LogP contribution in [0.25, 0.3) is 0 Å². The molecule has 1 unspecified atom stereocenters. The van der Waals surface area contributed by atoms with E-state index in [0.29, 0.717) is 11.1 Å². The highest BCUT2D eigenvalue weighted by molar-refractivity contribution is 6.00. The summed E-state index contributed by atoms with van der Waals surface area (Å²) in [5.74, 6) is -0.512. The second-order valence-electron chi connectivity index (χ2n) is 4.10. The number of benzene rings is 1. The molecule has 1 atom stereocenters. The number of halogens is 1. The van der Waals surface area contributed by atoms with Crippen LogP contribution in [-0.4, -0.2) is 11.8 Å². The van der Waals surface area contributed by atoms with Crippen LogP contribution in [0.2, 0.25) is 0 Å². The smallest absolute Gasteiger partial charge is 0.179 e. The molecule has 0 bridgehead atoms. The Labute approximate surface area is 89.3 Å². The first-order chi connectivity index (χ1) is 6.93. The van der Waals surface area contributed by atoms with Gasteiger partial charge in [-0.15, -0.1) is 0 Å². The number of carbonyl (C=O) groups excluding carboxylic acids is 1. The van der Waals surface area contributed by atoms with Crippen molar-refractivity contribution in [3.05, 3.63) is 35.1 Å². The molecule has 1 rings (SSSR count). The van der Waals surface area contributed by atoms with Gasteiger partial charge >= 0.3 is 0 Å². The zero-order valence-corrected chi connectivity index (χ0v) is 9.25. The number of aryl methyl sites for hydroxylation is 1. The molecule has 0 aliphatic carbocycles. The van der Waals surface area contributed by atoms with Crippen LogP contribution in [0.3, 0.4) is 0 Å². The second-order valence-corrected chi connectivity index (χ2v) is 4.10. The summed E-state index contributed by atoms with van der Waals surface area (Å²) in [4.78, 5) is 11.8. The first-order valence-electron chi connectivity index (χ1n) is 4.99. The van der Waals surface area contributed by atoms with E-state index in [1.54, 1.807) is 19.1 Å². The first kappa shape index (κ1) is 11.9. The molecular formula is C12H16FNO. The molecule has 0 saturated heterocycles. The van der Waals surface area contributed by atoms with Crippen LogP contribution in [0.5, 0.6) is 0 Å². The van der Waals surface area contributed by atoms with Crippen molar-refractivity contribution in [2.24, 2.45) is 11.7 Å². The van der Waals surface area contributed by atoms with Gasteiger partial charge in [0.1, 0.15) is 5.82 Å². The van der Waals surface area contributed by atoms with Crippen LogP contribution in [0.4, 0.5) is 4.39 Å². The minimum absolute atomic E-state index is 0.0573. The van der Waals surface area contributed by atoms with Gasteiger partial charge in [-0.2, -0.15) is 0 Å². The second kappa shape index (κ2) is 4.53. The summed E-state index contributed by atoms with van der Waals surface area (Å²) in [5, 5.41) is 0. The molecule has 2 N–H and O–H groups in total. The molecule has 82 valence electrons. The molecule has 0 saturated carbocycles. The fraction of sp³-hybridized carbons (Fsp3) is 0.417. The SMILES string of the molecule is Cc1ccc(C(=O)C(N)C(C)C)cc1F. The predicted octanol–water partition coefficient (Wildman–Crippen LogP) is 2.30. The first-order valence-corrected chi connectivity index (χ1v) is 4.99. The number of carbonyl (C=O) groups is 1. The molecule has 3 heteroatoms. The molecule has 0 fully saturated rings. The summed E-state index contributed by atoms with van der Waals surface area (Å²) in [6, 6.07) is 3.89. The van der Waals surface area contributed by atoms with E-state index in [2.05, 4.69) is 0 Å². The highest BCUT2D eigenvalue weighted by Crippen LogP contribution is 2.13. The zero-order chi connectivity index (χ0) is 11.6. The fourth-order valence-corrected chi connectivity index (χ4v) is 1.24. The summed E-state index contributed by atoms with van der Waals surface area (Å²) in [6.07, 6.45) is 0.